The molecule has 0 radical (unpaired) electrons. The summed E-state index contributed by atoms with van der Waals surface area (Å²) in [6.07, 6.45) is 2.33. The second kappa shape index (κ2) is 6.30. The molecule has 0 spiro atoms. The number of para-hydroxylation sites is 1. The summed E-state index contributed by atoms with van der Waals surface area (Å²) in [4.78, 5) is 0. The van der Waals surface area contributed by atoms with Gasteiger partial charge in [0, 0.05) is 6.04 Å². The van der Waals surface area contributed by atoms with Gasteiger partial charge in [-0.3, -0.25) is 0 Å². The molecule has 0 saturated carbocycles. The van der Waals surface area contributed by atoms with Crippen molar-refractivity contribution in [3.05, 3.63) is 29.3 Å². The molecule has 0 aliphatic heterocycles. The van der Waals surface area contributed by atoms with Crippen LogP contribution in [0, 0.1) is 24.2 Å². The molecule has 1 aromatic carbocycles. The first kappa shape index (κ1) is 13.6. The Kier molecular flexibility index (Phi) is 5.03. The Morgan fingerprint density at radius 1 is 1.29 bits per heavy atom. The highest BCUT2D eigenvalue weighted by Gasteiger charge is 2.15. The van der Waals surface area contributed by atoms with Gasteiger partial charge >= 0.3 is 0 Å². The molecule has 17 heavy (non-hydrogen) atoms. The van der Waals surface area contributed by atoms with E-state index in [9.17, 15) is 0 Å². The molecule has 1 atom stereocenters. The van der Waals surface area contributed by atoms with Crippen LogP contribution >= 0.6 is 0 Å². The average Bonchev–Trinajstić information content (AvgIpc) is 2.33. The lowest BCUT2D eigenvalue weighted by Crippen LogP contribution is -2.25. The molecule has 0 saturated heterocycles. The van der Waals surface area contributed by atoms with Gasteiger partial charge in [-0.25, -0.2) is 0 Å². The second-order valence-electron chi connectivity index (χ2n) is 4.62. The van der Waals surface area contributed by atoms with Crippen LogP contribution in [-0.2, 0) is 0 Å². The number of nitriles is 1. The van der Waals surface area contributed by atoms with E-state index in [0.717, 1.165) is 16.8 Å². The van der Waals surface area contributed by atoms with E-state index in [0.29, 0.717) is 12.0 Å². The van der Waals surface area contributed by atoms with E-state index in [1.54, 1.807) is 0 Å². The third kappa shape index (κ3) is 3.23. The number of rotatable bonds is 5. The molecule has 92 valence electrons. The van der Waals surface area contributed by atoms with Crippen molar-refractivity contribution in [1.82, 2.24) is 0 Å². The Morgan fingerprint density at radius 3 is 2.47 bits per heavy atom. The fourth-order valence-corrected chi connectivity index (χ4v) is 2.29. The van der Waals surface area contributed by atoms with Gasteiger partial charge in [0.05, 0.1) is 11.3 Å². The molecule has 0 amide bonds. The first-order valence-electron chi connectivity index (χ1n) is 6.40. The van der Waals surface area contributed by atoms with Gasteiger partial charge in [-0.1, -0.05) is 38.8 Å². The zero-order valence-electron chi connectivity index (χ0n) is 11.2. The maximum Gasteiger partial charge on any atom is 0.101 e. The zero-order chi connectivity index (χ0) is 12.8. The molecule has 0 fully saturated rings. The van der Waals surface area contributed by atoms with E-state index in [-0.39, 0.29) is 0 Å². The standard InChI is InChI=1S/C15H22N2/c1-5-13(6-2)12(4)17-15-11(3)8-7-9-14(15)10-16/h7-9,12-13,17H,5-6H2,1-4H3. The molecule has 2 heteroatoms. The van der Waals surface area contributed by atoms with Gasteiger partial charge < -0.3 is 5.32 Å². The molecule has 0 bridgehead atoms. The Morgan fingerprint density at radius 2 is 1.94 bits per heavy atom. The molecule has 0 heterocycles. The van der Waals surface area contributed by atoms with Gasteiger partial charge in [-0.2, -0.15) is 5.26 Å². The third-order valence-electron chi connectivity index (χ3n) is 3.52. The largest absolute Gasteiger partial charge is 0.381 e. The minimum atomic E-state index is 0.401. The van der Waals surface area contributed by atoms with Gasteiger partial charge in [0.2, 0.25) is 0 Å². The van der Waals surface area contributed by atoms with Crippen molar-refractivity contribution in [3.63, 3.8) is 0 Å². The summed E-state index contributed by atoms with van der Waals surface area (Å²) in [6.45, 7) is 8.68. The number of hydrogen-bond donors (Lipinski definition) is 1. The van der Waals surface area contributed by atoms with Crippen molar-refractivity contribution >= 4 is 5.69 Å². The summed E-state index contributed by atoms with van der Waals surface area (Å²) in [7, 11) is 0. The van der Waals surface area contributed by atoms with Crippen molar-refractivity contribution in [3.8, 4) is 6.07 Å². The van der Waals surface area contributed by atoms with Crippen LogP contribution in [0.15, 0.2) is 18.2 Å². The molecule has 1 unspecified atom stereocenters. The van der Waals surface area contributed by atoms with Crippen molar-refractivity contribution < 1.29 is 0 Å². The fraction of sp³-hybridized carbons (Fsp3) is 0.533. The highest BCUT2D eigenvalue weighted by atomic mass is 14.9. The number of anilines is 1. The Labute approximate surface area is 105 Å². The first-order chi connectivity index (χ1) is 8.13. The summed E-state index contributed by atoms with van der Waals surface area (Å²) in [5, 5.41) is 12.6. The highest BCUT2D eigenvalue weighted by molar-refractivity contribution is 5.62. The number of benzene rings is 1. The number of nitrogens with zero attached hydrogens (tertiary/aromatic N) is 1. The van der Waals surface area contributed by atoms with Gasteiger partial charge in [0.15, 0.2) is 0 Å². The normalized spacial score (nSPS) is 12.2. The Balaban J connectivity index is 2.91. The molecule has 1 N–H and O–H groups in total. The molecule has 1 aromatic rings. The Bertz CT molecular complexity index is 400. The van der Waals surface area contributed by atoms with Crippen molar-refractivity contribution in [1.29, 1.82) is 5.26 Å². The third-order valence-corrected chi connectivity index (χ3v) is 3.52. The van der Waals surface area contributed by atoms with E-state index in [2.05, 4.69) is 32.2 Å². The van der Waals surface area contributed by atoms with Crippen LogP contribution in [0.3, 0.4) is 0 Å². The summed E-state index contributed by atoms with van der Waals surface area (Å²) in [5.74, 6) is 0.654. The zero-order valence-corrected chi connectivity index (χ0v) is 11.2. The van der Waals surface area contributed by atoms with Crippen molar-refractivity contribution in [2.24, 2.45) is 5.92 Å². The first-order valence-corrected chi connectivity index (χ1v) is 6.40. The fourth-order valence-electron chi connectivity index (χ4n) is 2.29. The molecule has 1 rings (SSSR count). The van der Waals surface area contributed by atoms with Crippen molar-refractivity contribution in [2.75, 3.05) is 5.32 Å². The summed E-state index contributed by atoms with van der Waals surface area (Å²) in [5.41, 5.74) is 2.87. The van der Waals surface area contributed by atoms with Gasteiger partial charge in [0.25, 0.3) is 0 Å². The Hall–Kier alpha value is -1.49. The molecule has 0 aliphatic rings. The second-order valence-corrected chi connectivity index (χ2v) is 4.62. The monoisotopic (exact) mass is 230 g/mol. The predicted octanol–water partition coefficient (Wildman–Crippen LogP) is 4.10. The van der Waals surface area contributed by atoms with Crippen LogP contribution in [0.25, 0.3) is 0 Å². The molecule has 2 nitrogen and oxygen atoms in total. The summed E-state index contributed by atoms with van der Waals surface area (Å²) < 4.78 is 0. The molecular weight excluding hydrogens is 208 g/mol. The van der Waals surface area contributed by atoms with Gasteiger partial charge in [-0.05, 0) is 31.4 Å². The maximum atomic E-state index is 9.12. The van der Waals surface area contributed by atoms with E-state index in [4.69, 9.17) is 5.26 Å². The van der Waals surface area contributed by atoms with Gasteiger partial charge in [0.1, 0.15) is 6.07 Å². The average molecular weight is 230 g/mol. The van der Waals surface area contributed by atoms with E-state index >= 15 is 0 Å². The lowest BCUT2D eigenvalue weighted by Gasteiger charge is -2.25. The van der Waals surface area contributed by atoms with Gasteiger partial charge in [-0.15, -0.1) is 0 Å². The minimum Gasteiger partial charge on any atom is -0.381 e. The minimum absolute atomic E-state index is 0.401. The highest BCUT2D eigenvalue weighted by Crippen LogP contribution is 2.24. The van der Waals surface area contributed by atoms with Crippen LogP contribution in [0.1, 0.15) is 44.7 Å². The lowest BCUT2D eigenvalue weighted by atomic mass is 9.94. The maximum absolute atomic E-state index is 9.12. The van der Waals surface area contributed by atoms with Crippen LogP contribution < -0.4 is 5.32 Å². The number of nitrogens with one attached hydrogen (secondary N) is 1. The van der Waals surface area contributed by atoms with Crippen LogP contribution in [-0.4, -0.2) is 6.04 Å². The SMILES string of the molecule is CCC(CC)C(C)Nc1c(C)cccc1C#N. The van der Waals surface area contributed by atoms with E-state index < -0.39 is 0 Å². The smallest absolute Gasteiger partial charge is 0.101 e. The van der Waals surface area contributed by atoms with Crippen LogP contribution in [0.2, 0.25) is 0 Å². The number of aryl methyl sites for hydroxylation is 1. The lowest BCUT2D eigenvalue weighted by molar-refractivity contribution is 0.437. The summed E-state index contributed by atoms with van der Waals surface area (Å²) in [6, 6.07) is 8.50. The topological polar surface area (TPSA) is 35.8 Å². The molecule has 0 aliphatic carbocycles. The number of hydrogen-bond acceptors (Lipinski definition) is 2. The van der Waals surface area contributed by atoms with Crippen LogP contribution in [0.5, 0.6) is 0 Å². The van der Waals surface area contributed by atoms with Crippen molar-refractivity contribution in [2.45, 2.75) is 46.6 Å². The van der Waals surface area contributed by atoms with E-state index in [1.807, 2.05) is 25.1 Å². The molecule has 0 aromatic heterocycles. The summed E-state index contributed by atoms with van der Waals surface area (Å²) >= 11 is 0. The van der Waals surface area contributed by atoms with E-state index in [1.165, 1.54) is 12.8 Å². The van der Waals surface area contributed by atoms with Crippen LogP contribution in [0.4, 0.5) is 5.69 Å². The molecular formula is C15H22N2. The quantitative estimate of drug-likeness (QED) is 0.826. The predicted molar refractivity (Wildman–Crippen MR) is 73.1 cm³/mol.